The quantitative estimate of drug-likeness (QED) is 0.0947. The van der Waals surface area contributed by atoms with Gasteiger partial charge in [0, 0.05) is 31.2 Å². The molecule has 3 aromatic heterocycles. The molecule has 3 heterocycles. The Morgan fingerprint density at radius 1 is 0.689 bits per heavy atom. The van der Waals surface area contributed by atoms with Gasteiger partial charge in [-0.15, -0.1) is 23.8 Å². The first-order valence-electron chi connectivity index (χ1n) is 22.1. The Hall–Kier alpha value is -5.40. The van der Waals surface area contributed by atoms with Gasteiger partial charge in [-0.25, -0.2) is 0 Å². The Labute approximate surface area is 377 Å². The summed E-state index contributed by atoms with van der Waals surface area (Å²) in [6.45, 7) is 6.90. The maximum Gasteiger partial charge on any atom is 0 e. The molecule has 0 aliphatic carbocycles. The van der Waals surface area contributed by atoms with E-state index in [1.807, 2.05) is 6.07 Å². The van der Waals surface area contributed by atoms with Gasteiger partial charge in [-0.2, -0.15) is 0 Å². The number of hydrogen-bond acceptors (Lipinski definition) is 3. The van der Waals surface area contributed by atoms with Gasteiger partial charge < -0.3 is 8.98 Å². The Morgan fingerprint density at radius 2 is 1.39 bits per heavy atom. The summed E-state index contributed by atoms with van der Waals surface area (Å²) in [5.41, 5.74) is 10.1. The summed E-state index contributed by atoms with van der Waals surface area (Å²) in [6.07, 6.45) is 1.67. The summed E-state index contributed by atoms with van der Waals surface area (Å²) in [7, 11) is 0. The molecule has 7 aromatic carbocycles. The molecule has 4 nitrogen and oxygen atoms in total. The largest absolute Gasteiger partial charge is 0 e. The predicted molar refractivity (Wildman–Crippen MR) is 252 cm³/mol. The minimum atomic E-state index is -2.34. The van der Waals surface area contributed by atoms with Crippen molar-refractivity contribution in [2.24, 2.45) is 0 Å². The van der Waals surface area contributed by atoms with Crippen LogP contribution in [0.3, 0.4) is 0 Å². The van der Waals surface area contributed by atoms with Crippen molar-refractivity contribution in [2.45, 2.75) is 63.7 Å². The monoisotopic (exact) mass is 1040 g/mol. The minimum Gasteiger partial charge on any atom is 0 e. The fourth-order valence-electron chi connectivity index (χ4n) is 8.32. The summed E-state index contributed by atoms with van der Waals surface area (Å²) in [5.74, 6) is 7.65. The fraction of sp³-hybridized carbons (Fsp3) is 0.185. The van der Waals surface area contributed by atoms with Crippen LogP contribution in [0.1, 0.15) is 60.3 Å². The Balaban J connectivity index is 0.000000216. The van der Waals surface area contributed by atoms with Crippen LogP contribution in [0.4, 0.5) is 4.39 Å². The van der Waals surface area contributed by atoms with Gasteiger partial charge in [-0.1, -0.05) is 99.8 Å². The van der Waals surface area contributed by atoms with Gasteiger partial charge in [0.2, 0.25) is 0 Å². The van der Waals surface area contributed by atoms with Crippen LogP contribution >= 0.6 is 0 Å². The number of aromatic nitrogens is 3. The zero-order valence-corrected chi connectivity index (χ0v) is 39.8. The number of aryl methyl sites for hydroxylation is 1. The average molecular weight is 1040 g/mol. The summed E-state index contributed by atoms with van der Waals surface area (Å²) in [5, 5.41) is 7.07. The molecule has 0 N–H and O–H groups in total. The van der Waals surface area contributed by atoms with Crippen LogP contribution in [-0.4, -0.2) is 27.8 Å². The zero-order chi connectivity index (χ0) is 44.4. The molecule has 307 valence electrons. The number of halogens is 1. The third kappa shape index (κ3) is 7.98. The molecular formula is C54H48FGeIrN3O-2. The molecule has 0 aliphatic heterocycles. The summed E-state index contributed by atoms with van der Waals surface area (Å²) in [4.78, 5) is 9.58. The molecule has 0 saturated heterocycles. The minimum absolute atomic E-state index is 0. The number of fused-ring (bicyclic) bond motifs is 7. The van der Waals surface area contributed by atoms with Crippen molar-refractivity contribution in [3.63, 3.8) is 0 Å². The van der Waals surface area contributed by atoms with Crippen LogP contribution in [0, 0.1) is 24.8 Å². The number of hydrogen-bond donors (Lipinski definition) is 0. The van der Waals surface area contributed by atoms with Crippen molar-refractivity contribution in [3.8, 4) is 28.3 Å². The van der Waals surface area contributed by atoms with Gasteiger partial charge in [-0.3, -0.25) is 4.98 Å². The normalized spacial score (nSPS) is 12.8. The molecule has 10 rings (SSSR count). The molecule has 0 fully saturated rings. The van der Waals surface area contributed by atoms with Crippen molar-refractivity contribution in [3.05, 3.63) is 168 Å². The van der Waals surface area contributed by atoms with Crippen molar-refractivity contribution in [1.82, 2.24) is 14.5 Å². The first-order valence-corrected chi connectivity index (χ1v) is 27.9. The second-order valence-corrected chi connectivity index (χ2v) is 27.8. The maximum atomic E-state index is 13.0. The molecule has 1 radical (unpaired) electrons. The first kappa shape index (κ1) is 38.5. The first-order chi connectivity index (χ1) is 30.1. The molecule has 10 aromatic rings. The SMILES string of the molecule is CC(C)c1cccc(C(C)C)c1-n1c(-c2[c-]cc3oc4cc5c(ccc6ccccc65)cc4c3c2)nc2ccccc21.[2H]C([2H])([2H])c1cc(-c2[c-]cc(F)cc2)nc[c]1[Ge]([CH3])([CH3])[CH3].[Ir]. The second-order valence-electron chi connectivity index (χ2n) is 17.2. The molecule has 7 heteroatoms. The van der Waals surface area contributed by atoms with Gasteiger partial charge in [0.1, 0.15) is 5.58 Å². The average Bonchev–Trinajstić information content (AvgIpc) is 3.82. The number of pyridine rings is 1. The van der Waals surface area contributed by atoms with Gasteiger partial charge in [0.15, 0.2) is 0 Å². The Morgan fingerprint density at radius 3 is 2.11 bits per heavy atom. The van der Waals surface area contributed by atoms with Crippen LogP contribution in [0.5, 0.6) is 0 Å². The van der Waals surface area contributed by atoms with E-state index in [0.717, 1.165) is 48.8 Å². The van der Waals surface area contributed by atoms with Crippen LogP contribution in [-0.2, 0) is 20.1 Å². The topological polar surface area (TPSA) is 43.9 Å². The van der Waals surface area contributed by atoms with Crippen LogP contribution in [0.2, 0.25) is 17.3 Å². The fourth-order valence-corrected chi connectivity index (χ4v) is 11.1. The van der Waals surface area contributed by atoms with E-state index in [0.29, 0.717) is 28.7 Å². The Kier molecular flexibility index (Phi) is 10.6. The molecule has 0 saturated carbocycles. The van der Waals surface area contributed by atoms with E-state index in [1.54, 1.807) is 18.3 Å². The Bertz CT molecular complexity index is 3320. The van der Waals surface area contributed by atoms with Crippen molar-refractivity contribution in [2.75, 3.05) is 0 Å². The van der Waals surface area contributed by atoms with Crippen LogP contribution in [0.15, 0.2) is 138 Å². The number of para-hydroxylation sites is 3. The van der Waals surface area contributed by atoms with Gasteiger partial charge in [0.25, 0.3) is 0 Å². The van der Waals surface area contributed by atoms with Crippen molar-refractivity contribution < 1.29 is 33.0 Å². The van der Waals surface area contributed by atoms with E-state index in [9.17, 15) is 4.39 Å². The molecular weight excluding hydrogens is 990 g/mol. The van der Waals surface area contributed by atoms with E-state index < -0.39 is 20.1 Å². The summed E-state index contributed by atoms with van der Waals surface area (Å²) >= 11 is -2.34. The molecule has 0 bridgehead atoms. The molecule has 0 amide bonds. The van der Waals surface area contributed by atoms with Crippen LogP contribution in [0.25, 0.3) is 82.8 Å². The molecule has 61 heavy (non-hydrogen) atoms. The van der Waals surface area contributed by atoms with E-state index in [4.69, 9.17) is 13.5 Å². The van der Waals surface area contributed by atoms with Gasteiger partial charge in [0.05, 0.1) is 22.4 Å². The van der Waals surface area contributed by atoms with Gasteiger partial charge >= 0.3 is 114 Å². The molecule has 0 unspecified atom stereocenters. The number of imidazole rings is 1. The maximum absolute atomic E-state index is 13.0. The number of rotatable bonds is 6. The summed E-state index contributed by atoms with van der Waals surface area (Å²) in [6, 6.07) is 48.8. The van der Waals surface area contributed by atoms with Crippen molar-refractivity contribution >= 4 is 72.2 Å². The summed E-state index contributed by atoms with van der Waals surface area (Å²) < 4.78 is 45.9. The molecule has 0 aliphatic rings. The molecule has 0 spiro atoms. The molecule has 0 atom stereocenters. The van der Waals surface area contributed by atoms with E-state index in [2.05, 4.69) is 164 Å². The number of nitrogens with zero attached hydrogens (tertiary/aromatic N) is 3. The predicted octanol–water partition coefficient (Wildman–Crippen LogP) is 14.5. The van der Waals surface area contributed by atoms with E-state index in [1.165, 1.54) is 50.5 Å². The van der Waals surface area contributed by atoms with Crippen LogP contribution < -0.4 is 4.40 Å². The zero-order valence-electron chi connectivity index (χ0n) is 38.3. The third-order valence-electron chi connectivity index (χ3n) is 11.4. The van der Waals surface area contributed by atoms with Gasteiger partial charge in [-0.05, 0) is 68.8 Å². The number of benzene rings is 7. The van der Waals surface area contributed by atoms with E-state index in [-0.39, 0.29) is 25.9 Å². The standard InChI is InChI=1S/C39H31N2O.C15H17FGeN.Ir/c1-23(2)28-12-9-13-29(24(3)4)38(28)41-35-15-8-7-14-34(35)40-39(41)27-18-19-36-32(21-27)33-20-26-17-16-25-10-5-6-11-30(25)31(26)22-37(33)42-36;1-11-9-15(12-5-7-13(16)8-6-12)18-10-14(11)17(2,3)4;/h5-17,19-24H,1-4H3;5,7-10H,1-4H3;/q2*-1;/i;1D3;. The van der Waals surface area contributed by atoms with E-state index >= 15 is 0 Å². The van der Waals surface area contributed by atoms with Crippen molar-refractivity contribution in [1.29, 1.82) is 0 Å². The number of furan rings is 1. The third-order valence-corrected chi connectivity index (χ3v) is 15.6. The second kappa shape index (κ2) is 16.8. The smallest absolute Gasteiger partial charge is 0 e.